The molecule has 7 heteroatoms. The molecule has 0 unspecified atom stereocenters. The zero-order valence-corrected chi connectivity index (χ0v) is 13.6. The minimum Gasteiger partial charge on any atom is -0.237 e. The maximum absolute atomic E-state index is 10.5. The van der Waals surface area contributed by atoms with E-state index < -0.39 is 7.59 Å². The standard InChI is InChI=1S/C11H9Cl6O/c12-10(13,14)8-4-3-7(2-1-5-18)9(6-8)11(15,16)17/h3-4,6H,1-2,5H2. The van der Waals surface area contributed by atoms with Crippen molar-refractivity contribution >= 4 is 69.6 Å². The molecule has 0 aromatic heterocycles. The molecule has 1 rings (SSSR count). The van der Waals surface area contributed by atoms with Crippen molar-refractivity contribution in [3.8, 4) is 0 Å². The van der Waals surface area contributed by atoms with E-state index in [1.807, 2.05) is 0 Å². The highest BCUT2D eigenvalue weighted by atomic mass is 35.6. The highest BCUT2D eigenvalue weighted by Crippen LogP contribution is 2.44. The molecule has 0 heterocycles. The number of halogens is 6. The summed E-state index contributed by atoms with van der Waals surface area (Å²) in [5, 5.41) is 10.5. The molecule has 0 aliphatic carbocycles. The van der Waals surface area contributed by atoms with Gasteiger partial charge in [0.2, 0.25) is 7.59 Å². The molecular weight excluding hydrogens is 361 g/mol. The average molecular weight is 370 g/mol. The zero-order chi connectivity index (χ0) is 14.0. The Labute approximate surface area is 136 Å². The monoisotopic (exact) mass is 367 g/mol. The second-order valence-electron chi connectivity index (χ2n) is 3.68. The van der Waals surface area contributed by atoms with Gasteiger partial charge in [0.05, 0.1) is 6.61 Å². The van der Waals surface area contributed by atoms with Crippen LogP contribution < -0.4 is 0 Å². The fourth-order valence-corrected chi connectivity index (χ4v) is 2.38. The number of hydrogen-bond donors (Lipinski definition) is 0. The molecule has 0 saturated heterocycles. The Bertz CT molecular complexity index is 407. The fraction of sp³-hybridized carbons (Fsp3) is 0.455. The van der Waals surface area contributed by atoms with Gasteiger partial charge in [0.25, 0.3) is 0 Å². The molecule has 0 bridgehead atoms. The van der Waals surface area contributed by atoms with Gasteiger partial charge >= 0.3 is 0 Å². The van der Waals surface area contributed by atoms with Crippen LogP contribution in [0.4, 0.5) is 0 Å². The van der Waals surface area contributed by atoms with Crippen molar-refractivity contribution in [2.24, 2.45) is 0 Å². The van der Waals surface area contributed by atoms with Crippen molar-refractivity contribution in [1.29, 1.82) is 0 Å². The maximum atomic E-state index is 10.5. The number of rotatable bonds is 3. The quantitative estimate of drug-likeness (QED) is 0.609. The second kappa shape index (κ2) is 6.58. The first-order valence-corrected chi connectivity index (χ1v) is 7.28. The van der Waals surface area contributed by atoms with Crippen LogP contribution in [0.15, 0.2) is 18.2 Å². The van der Waals surface area contributed by atoms with Gasteiger partial charge in [0, 0.05) is 11.1 Å². The van der Waals surface area contributed by atoms with E-state index in [4.69, 9.17) is 69.6 Å². The molecule has 0 N–H and O–H groups in total. The van der Waals surface area contributed by atoms with Crippen LogP contribution >= 0.6 is 69.6 Å². The molecule has 0 atom stereocenters. The summed E-state index contributed by atoms with van der Waals surface area (Å²) in [6.07, 6.45) is 0.980. The molecule has 0 aliphatic rings. The zero-order valence-electron chi connectivity index (χ0n) is 9.03. The van der Waals surface area contributed by atoms with Gasteiger partial charge in [-0.2, -0.15) is 0 Å². The lowest BCUT2D eigenvalue weighted by molar-refractivity contribution is 0.189. The molecule has 1 aromatic carbocycles. The lowest BCUT2D eigenvalue weighted by atomic mass is 10.0. The van der Waals surface area contributed by atoms with Crippen LogP contribution in [0.1, 0.15) is 23.1 Å². The van der Waals surface area contributed by atoms with Gasteiger partial charge in [-0.3, -0.25) is 0 Å². The largest absolute Gasteiger partial charge is 0.237 e. The van der Waals surface area contributed by atoms with Gasteiger partial charge in [-0.25, -0.2) is 5.11 Å². The summed E-state index contributed by atoms with van der Waals surface area (Å²) in [5.41, 5.74) is 1.62. The summed E-state index contributed by atoms with van der Waals surface area (Å²) in [6.45, 7) is -0.189. The number of benzene rings is 1. The van der Waals surface area contributed by atoms with Crippen molar-refractivity contribution in [2.45, 2.75) is 20.4 Å². The molecule has 18 heavy (non-hydrogen) atoms. The predicted octanol–water partition coefficient (Wildman–Crippen LogP) is 5.70. The van der Waals surface area contributed by atoms with Crippen molar-refractivity contribution in [3.63, 3.8) is 0 Å². The third-order valence-electron chi connectivity index (χ3n) is 2.33. The van der Waals surface area contributed by atoms with Crippen LogP contribution in [0.3, 0.4) is 0 Å². The number of hydrogen-bond acceptors (Lipinski definition) is 0. The Morgan fingerprint density at radius 3 is 2.00 bits per heavy atom. The Hall–Kier alpha value is 0.920. The summed E-state index contributed by atoms with van der Waals surface area (Å²) >= 11 is 35.0. The number of alkyl halides is 6. The van der Waals surface area contributed by atoms with Crippen LogP contribution in [0.2, 0.25) is 0 Å². The van der Waals surface area contributed by atoms with Gasteiger partial charge in [0.1, 0.15) is 0 Å². The van der Waals surface area contributed by atoms with Gasteiger partial charge in [-0.05, 0) is 24.5 Å². The van der Waals surface area contributed by atoms with Gasteiger partial charge in [0.15, 0.2) is 0 Å². The predicted molar refractivity (Wildman–Crippen MR) is 78.8 cm³/mol. The molecule has 0 saturated carbocycles. The molecule has 0 amide bonds. The summed E-state index contributed by atoms with van der Waals surface area (Å²) < 4.78 is -3.20. The summed E-state index contributed by atoms with van der Waals surface area (Å²) in [4.78, 5) is 0. The molecule has 0 aliphatic heterocycles. The maximum Gasteiger partial charge on any atom is 0.216 e. The van der Waals surface area contributed by atoms with E-state index in [9.17, 15) is 5.11 Å². The van der Waals surface area contributed by atoms with Crippen LogP contribution in [-0.4, -0.2) is 6.61 Å². The lowest BCUT2D eigenvalue weighted by Crippen LogP contribution is -2.10. The second-order valence-corrected chi connectivity index (χ2v) is 8.24. The van der Waals surface area contributed by atoms with E-state index in [0.29, 0.717) is 24.0 Å². The highest BCUT2D eigenvalue weighted by Gasteiger charge is 2.30. The van der Waals surface area contributed by atoms with E-state index in [-0.39, 0.29) is 6.61 Å². The number of aryl methyl sites for hydroxylation is 1. The summed E-state index contributed by atoms with van der Waals surface area (Å²) in [5.74, 6) is 0. The van der Waals surface area contributed by atoms with Gasteiger partial charge in [-0.15, -0.1) is 0 Å². The first-order valence-electron chi connectivity index (χ1n) is 5.01. The minimum absolute atomic E-state index is 0.189. The Balaban J connectivity index is 3.21. The van der Waals surface area contributed by atoms with Crippen LogP contribution in [-0.2, 0) is 19.1 Å². The molecule has 101 valence electrons. The van der Waals surface area contributed by atoms with Crippen molar-refractivity contribution < 1.29 is 5.11 Å². The Morgan fingerprint density at radius 2 is 1.56 bits per heavy atom. The molecule has 0 fully saturated rings. The van der Waals surface area contributed by atoms with E-state index in [1.165, 1.54) is 0 Å². The summed E-state index contributed by atoms with van der Waals surface area (Å²) in [7, 11) is 0. The average Bonchev–Trinajstić information content (AvgIpc) is 2.23. The SMILES string of the molecule is [O]CCCc1ccc(C(Cl)(Cl)Cl)cc1C(Cl)(Cl)Cl. The lowest BCUT2D eigenvalue weighted by Gasteiger charge is -2.20. The normalized spacial score (nSPS) is 12.8. The first-order chi connectivity index (χ1) is 8.16. The molecule has 1 radical (unpaired) electrons. The van der Waals surface area contributed by atoms with E-state index in [1.54, 1.807) is 18.2 Å². The molecule has 0 spiro atoms. The van der Waals surface area contributed by atoms with Crippen molar-refractivity contribution in [3.05, 3.63) is 34.9 Å². The Morgan fingerprint density at radius 1 is 0.944 bits per heavy atom. The minimum atomic E-state index is -1.62. The molecule has 1 aromatic rings. The van der Waals surface area contributed by atoms with Crippen molar-refractivity contribution in [2.75, 3.05) is 6.61 Å². The molecule has 1 nitrogen and oxygen atoms in total. The van der Waals surface area contributed by atoms with E-state index >= 15 is 0 Å². The summed E-state index contributed by atoms with van der Waals surface area (Å²) in [6, 6.07) is 4.90. The van der Waals surface area contributed by atoms with Crippen LogP contribution in [0.5, 0.6) is 0 Å². The molecular formula is C11H9Cl6O. The third-order valence-corrected chi connectivity index (χ3v) is 3.60. The van der Waals surface area contributed by atoms with Gasteiger partial charge in [-0.1, -0.05) is 81.7 Å². The highest BCUT2D eigenvalue weighted by molar-refractivity contribution is 6.67. The third kappa shape index (κ3) is 4.79. The van der Waals surface area contributed by atoms with Gasteiger partial charge < -0.3 is 0 Å². The smallest absolute Gasteiger partial charge is 0.216 e. The first kappa shape index (κ1) is 17.0. The van der Waals surface area contributed by atoms with E-state index in [0.717, 1.165) is 5.56 Å². The fourth-order valence-electron chi connectivity index (χ4n) is 1.50. The van der Waals surface area contributed by atoms with Crippen LogP contribution in [0.25, 0.3) is 0 Å². The van der Waals surface area contributed by atoms with E-state index in [2.05, 4.69) is 0 Å². The van der Waals surface area contributed by atoms with Crippen LogP contribution in [0, 0.1) is 0 Å². The Kier molecular flexibility index (Phi) is 6.21. The topological polar surface area (TPSA) is 19.9 Å². The van der Waals surface area contributed by atoms with Crippen molar-refractivity contribution in [1.82, 2.24) is 0 Å².